The van der Waals surface area contributed by atoms with Crippen LogP contribution in [0.15, 0.2) is 18.5 Å². The minimum absolute atomic E-state index is 0.216. The molecule has 6 nitrogen and oxygen atoms in total. The Morgan fingerprint density at radius 2 is 2.05 bits per heavy atom. The summed E-state index contributed by atoms with van der Waals surface area (Å²) in [5, 5.41) is 0. The Balaban J connectivity index is 1.75. The second-order valence-corrected chi connectivity index (χ2v) is 6.53. The Morgan fingerprint density at radius 3 is 2.64 bits per heavy atom. The molecule has 0 N–H and O–H groups in total. The lowest BCUT2D eigenvalue weighted by atomic mass is 10.2. The largest absolute Gasteiger partial charge is 0.485 e. The highest BCUT2D eigenvalue weighted by Crippen LogP contribution is 2.29. The molecule has 1 saturated heterocycles. The van der Waals surface area contributed by atoms with Crippen molar-refractivity contribution in [3.63, 3.8) is 0 Å². The van der Waals surface area contributed by atoms with Crippen LogP contribution >= 0.6 is 11.3 Å². The van der Waals surface area contributed by atoms with Gasteiger partial charge in [-0.15, -0.1) is 11.3 Å². The van der Waals surface area contributed by atoms with E-state index in [0.717, 1.165) is 23.5 Å². The predicted octanol–water partition coefficient (Wildman–Crippen LogP) is 1.99. The van der Waals surface area contributed by atoms with Gasteiger partial charge in [-0.1, -0.05) is 0 Å². The van der Waals surface area contributed by atoms with E-state index < -0.39 is 0 Å². The summed E-state index contributed by atoms with van der Waals surface area (Å²) in [6.07, 6.45) is 3.57. The Hall–Kier alpha value is -1.99. The molecule has 2 aromatic rings. The van der Waals surface area contributed by atoms with Gasteiger partial charge in [0, 0.05) is 23.5 Å². The summed E-state index contributed by atoms with van der Waals surface area (Å²) in [7, 11) is 3.43. The third-order valence-electron chi connectivity index (χ3n) is 3.51. The molecule has 0 spiro atoms. The lowest BCUT2D eigenvalue weighted by molar-refractivity contribution is 0.0383. The number of carbonyl (C=O) groups excluding carboxylic acids is 1. The Kier molecular flexibility index (Phi) is 4.08. The second kappa shape index (κ2) is 6.02. The number of rotatable bonds is 4. The molecule has 22 heavy (non-hydrogen) atoms. The second-order valence-electron chi connectivity index (χ2n) is 5.28. The van der Waals surface area contributed by atoms with Crippen LogP contribution < -0.4 is 4.74 Å². The molecule has 1 fully saturated rings. The average molecular weight is 319 g/mol. The standard InChI is InChI=1S/C15H17N3O3S/c1-9-12(4-13(22-9)15(19)20-3)14-16-5-10(6-17-14)21-11-7-18(2)8-11/h4-6,11H,7-8H2,1-3H3. The van der Waals surface area contributed by atoms with Crippen LogP contribution in [0.5, 0.6) is 5.75 Å². The number of likely N-dealkylation sites (N-methyl/N-ethyl adjacent to an activating group) is 1. The fourth-order valence-corrected chi connectivity index (χ4v) is 3.26. The molecule has 1 aliphatic rings. The molecule has 0 amide bonds. The lowest BCUT2D eigenvalue weighted by Gasteiger charge is -2.35. The normalized spacial score (nSPS) is 15.4. The van der Waals surface area contributed by atoms with Crippen LogP contribution in [0.4, 0.5) is 0 Å². The van der Waals surface area contributed by atoms with Gasteiger partial charge in [-0.2, -0.15) is 0 Å². The Bertz CT molecular complexity index is 678. The van der Waals surface area contributed by atoms with Gasteiger partial charge in [-0.3, -0.25) is 4.90 Å². The highest BCUT2D eigenvalue weighted by molar-refractivity contribution is 7.14. The number of hydrogen-bond donors (Lipinski definition) is 0. The minimum Gasteiger partial charge on any atom is -0.485 e. The molecular weight excluding hydrogens is 302 g/mol. The SMILES string of the molecule is COC(=O)c1cc(-c2ncc(OC3CN(C)C3)cn2)c(C)s1. The van der Waals surface area contributed by atoms with Crippen molar-refractivity contribution < 1.29 is 14.3 Å². The number of aromatic nitrogens is 2. The van der Waals surface area contributed by atoms with Crippen LogP contribution in [0.2, 0.25) is 0 Å². The highest BCUT2D eigenvalue weighted by Gasteiger charge is 2.25. The molecule has 0 aliphatic carbocycles. The zero-order valence-electron chi connectivity index (χ0n) is 12.7. The monoisotopic (exact) mass is 319 g/mol. The molecule has 3 heterocycles. The minimum atomic E-state index is -0.339. The molecule has 7 heteroatoms. The Morgan fingerprint density at radius 1 is 1.36 bits per heavy atom. The first-order valence-corrected chi connectivity index (χ1v) is 7.75. The fraction of sp³-hybridized carbons (Fsp3) is 0.400. The molecule has 0 unspecified atom stereocenters. The summed E-state index contributed by atoms with van der Waals surface area (Å²) in [4.78, 5) is 24.0. The van der Waals surface area contributed by atoms with Crippen LogP contribution in [0.3, 0.4) is 0 Å². The first-order valence-electron chi connectivity index (χ1n) is 6.93. The predicted molar refractivity (Wildman–Crippen MR) is 83.3 cm³/mol. The van der Waals surface area contributed by atoms with Crippen molar-refractivity contribution in [3.05, 3.63) is 28.2 Å². The van der Waals surface area contributed by atoms with Crippen LogP contribution in [-0.4, -0.2) is 54.2 Å². The smallest absolute Gasteiger partial charge is 0.348 e. The first kappa shape index (κ1) is 14.9. The van der Waals surface area contributed by atoms with E-state index in [4.69, 9.17) is 9.47 Å². The number of ether oxygens (including phenoxy) is 2. The summed E-state index contributed by atoms with van der Waals surface area (Å²) in [5.41, 5.74) is 0.848. The van der Waals surface area contributed by atoms with Gasteiger partial charge in [0.15, 0.2) is 11.6 Å². The zero-order chi connectivity index (χ0) is 15.7. The number of likely N-dealkylation sites (tertiary alicyclic amines) is 1. The van der Waals surface area contributed by atoms with E-state index in [-0.39, 0.29) is 12.1 Å². The average Bonchev–Trinajstić information content (AvgIpc) is 2.87. The molecule has 2 aromatic heterocycles. The van der Waals surface area contributed by atoms with Gasteiger partial charge in [0.2, 0.25) is 0 Å². The molecule has 1 aliphatic heterocycles. The molecule has 0 saturated carbocycles. The topological polar surface area (TPSA) is 64.6 Å². The van der Waals surface area contributed by atoms with E-state index in [0.29, 0.717) is 16.5 Å². The Labute approximate surface area is 132 Å². The van der Waals surface area contributed by atoms with Gasteiger partial charge in [0.1, 0.15) is 11.0 Å². The summed E-state index contributed by atoms with van der Waals surface area (Å²) < 4.78 is 10.5. The maximum absolute atomic E-state index is 11.6. The van der Waals surface area contributed by atoms with Gasteiger partial charge in [0.05, 0.1) is 19.5 Å². The lowest BCUT2D eigenvalue weighted by Crippen LogP contribution is -2.51. The number of esters is 1. The van der Waals surface area contributed by atoms with Gasteiger partial charge < -0.3 is 9.47 Å². The quantitative estimate of drug-likeness (QED) is 0.803. The first-order chi connectivity index (χ1) is 10.6. The summed E-state index contributed by atoms with van der Waals surface area (Å²) >= 11 is 1.38. The van der Waals surface area contributed by atoms with Gasteiger partial charge in [0.25, 0.3) is 0 Å². The van der Waals surface area contributed by atoms with E-state index in [1.165, 1.54) is 18.4 Å². The number of carbonyl (C=O) groups is 1. The summed E-state index contributed by atoms with van der Waals surface area (Å²) in [6.45, 7) is 3.78. The highest BCUT2D eigenvalue weighted by atomic mass is 32.1. The van der Waals surface area contributed by atoms with Gasteiger partial charge >= 0.3 is 5.97 Å². The van der Waals surface area contributed by atoms with E-state index in [1.807, 2.05) is 6.92 Å². The van der Waals surface area contributed by atoms with Crippen LogP contribution in [-0.2, 0) is 4.74 Å². The van der Waals surface area contributed by atoms with Crippen molar-refractivity contribution in [2.75, 3.05) is 27.2 Å². The number of hydrogen-bond acceptors (Lipinski definition) is 7. The maximum atomic E-state index is 11.6. The maximum Gasteiger partial charge on any atom is 0.348 e. The number of nitrogens with zero attached hydrogens (tertiary/aromatic N) is 3. The van der Waals surface area contributed by atoms with Crippen molar-refractivity contribution >= 4 is 17.3 Å². The van der Waals surface area contributed by atoms with E-state index >= 15 is 0 Å². The molecule has 0 atom stereocenters. The van der Waals surface area contributed by atoms with Gasteiger partial charge in [-0.25, -0.2) is 14.8 Å². The van der Waals surface area contributed by atoms with Crippen LogP contribution in [0.25, 0.3) is 11.4 Å². The zero-order valence-corrected chi connectivity index (χ0v) is 13.5. The van der Waals surface area contributed by atoms with Crippen molar-refractivity contribution in [2.45, 2.75) is 13.0 Å². The van der Waals surface area contributed by atoms with Gasteiger partial charge in [-0.05, 0) is 20.0 Å². The van der Waals surface area contributed by atoms with Crippen molar-refractivity contribution in [2.24, 2.45) is 0 Å². The summed E-state index contributed by atoms with van der Waals surface area (Å²) in [6, 6.07) is 1.77. The number of thiophene rings is 1. The molecular formula is C15H17N3O3S. The third kappa shape index (κ3) is 2.95. The summed E-state index contributed by atoms with van der Waals surface area (Å²) in [5.74, 6) is 0.915. The molecule has 0 radical (unpaired) electrons. The molecule has 116 valence electrons. The molecule has 0 aromatic carbocycles. The van der Waals surface area contributed by atoms with Crippen molar-refractivity contribution in [1.29, 1.82) is 0 Å². The molecule has 3 rings (SSSR count). The van der Waals surface area contributed by atoms with Crippen LogP contribution in [0.1, 0.15) is 14.5 Å². The van der Waals surface area contributed by atoms with Crippen molar-refractivity contribution in [3.8, 4) is 17.1 Å². The molecule has 0 bridgehead atoms. The number of aryl methyl sites for hydroxylation is 1. The van der Waals surface area contributed by atoms with Crippen molar-refractivity contribution in [1.82, 2.24) is 14.9 Å². The third-order valence-corrected chi connectivity index (χ3v) is 4.54. The van der Waals surface area contributed by atoms with Crippen LogP contribution in [0, 0.1) is 6.92 Å². The fourth-order valence-electron chi connectivity index (χ4n) is 2.33. The number of methoxy groups -OCH3 is 1. The van der Waals surface area contributed by atoms with E-state index in [2.05, 4.69) is 21.9 Å². The van der Waals surface area contributed by atoms with E-state index in [1.54, 1.807) is 18.5 Å². The van der Waals surface area contributed by atoms with E-state index in [9.17, 15) is 4.79 Å².